The third-order valence-corrected chi connectivity index (χ3v) is 4.40. The summed E-state index contributed by atoms with van der Waals surface area (Å²) in [6.07, 6.45) is 1.87. The molecule has 0 aliphatic carbocycles. The minimum absolute atomic E-state index is 1.01. The SMILES string of the molecule is Cc1ccccc1N=CN(C)Sc1cccc2ccccc12. The lowest BCUT2D eigenvalue weighted by atomic mass is 10.1. The highest BCUT2D eigenvalue weighted by Gasteiger charge is 2.03. The topological polar surface area (TPSA) is 15.6 Å². The largest absolute Gasteiger partial charge is 0.306 e. The summed E-state index contributed by atoms with van der Waals surface area (Å²) >= 11 is 1.68. The average Bonchev–Trinajstić information content (AvgIpc) is 2.54. The van der Waals surface area contributed by atoms with Crippen LogP contribution in [0.5, 0.6) is 0 Å². The quantitative estimate of drug-likeness (QED) is 0.362. The molecule has 0 spiro atoms. The zero-order valence-corrected chi connectivity index (χ0v) is 13.5. The van der Waals surface area contributed by atoms with Crippen LogP contribution >= 0.6 is 11.9 Å². The molecule has 0 aliphatic heterocycles. The maximum absolute atomic E-state index is 4.56. The van der Waals surface area contributed by atoms with E-state index in [0.29, 0.717) is 0 Å². The Balaban J connectivity index is 1.79. The van der Waals surface area contributed by atoms with Crippen LogP contribution in [0.15, 0.2) is 76.6 Å². The Morgan fingerprint density at radius 1 is 0.909 bits per heavy atom. The van der Waals surface area contributed by atoms with Gasteiger partial charge in [0.2, 0.25) is 0 Å². The molecule has 3 aromatic carbocycles. The third-order valence-electron chi connectivity index (χ3n) is 3.47. The van der Waals surface area contributed by atoms with Gasteiger partial charge in [-0.25, -0.2) is 4.99 Å². The number of benzene rings is 3. The molecule has 3 aromatic rings. The number of aryl methyl sites for hydroxylation is 1. The van der Waals surface area contributed by atoms with Crippen LogP contribution in [0.2, 0.25) is 0 Å². The van der Waals surface area contributed by atoms with Crippen molar-refractivity contribution in [1.29, 1.82) is 0 Å². The first-order valence-corrected chi connectivity index (χ1v) is 8.00. The molecule has 0 fully saturated rings. The molecule has 3 rings (SSSR count). The van der Waals surface area contributed by atoms with Gasteiger partial charge in [0.25, 0.3) is 0 Å². The maximum atomic E-state index is 4.56. The fraction of sp³-hybridized carbons (Fsp3) is 0.105. The molecule has 3 heteroatoms. The van der Waals surface area contributed by atoms with E-state index >= 15 is 0 Å². The molecule has 0 saturated heterocycles. The summed E-state index contributed by atoms with van der Waals surface area (Å²) in [7, 11) is 2.02. The summed E-state index contributed by atoms with van der Waals surface area (Å²) in [5, 5.41) is 2.53. The van der Waals surface area contributed by atoms with Gasteiger partial charge in [-0.05, 0) is 47.3 Å². The van der Waals surface area contributed by atoms with Crippen molar-refractivity contribution in [3.05, 3.63) is 72.3 Å². The van der Waals surface area contributed by atoms with Crippen molar-refractivity contribution in [2.24, 2.45) is 4.99 Å². The van der Waals surface area contributed by atoms with E-state index in [1.54, 1.807) is 11.9 Å². The second-order valence-electron chi connectivity index (χ2n) is 5.15. The standard InChI is InChI=1S/C19H18N2S/c1-15-8-3-6-12-18(15)20-14-21(2)22-19-13-7-10-16-9-4-5-11-17(16)19/h3-14H,1-2H3. The molecule has 110 valence electrons. The van der Waals surface area contributed by atoms with E-state index in [1.807, 2.05) is 35.9 Å². The molecule has 0 saturated carbocycles. The maximum Gasteiger partial charge on any atom is 0.101 e. The molecule has 0 heterocycles. The lowest BCUT2D eigenvalue weighted by Crippen LogP contribution is -2.05. The van der Waals surface area contributed by atoms with Crippen LogP contribution in [0, 0.1) is 6.92 Å². The Morgan fingerprint density at radius 2 is 1.64 bits per heavy atom. The fourth-order valence-corrected chi connectivity index (χ4v) is 3.13. The molecule has 0 amide bonds. The van der Waals surface area contributed by atoms with E-state index in [4.69, 9.17) is 0 Å². The normalized spacial score (nSPS) is 11.2. The van der Waals surface area contributed by atoms with Gasteiger partial charge in [-0.1, -0.05) is 54.6 Å². The van der Waals surface area contributed by atoms with Crippen molar-refractivity contribution >= 4 is 34.7 Å². The van der Waals surface area contributed by atoms with Gasteiger partial charge in [-0.3, -0.25) is 0 Å². The number of hydrogen-bond acceptors (Lipinski definition) is 2. The first-order valence-electron chi connectivity index (χ1n) is 7.22. The van der Waals surface area contributed by atoms with Gasteiger partial charge in [0.15, 0.2) is 0 Å². The first kappa shape index (κ1) is 14.7. The molecular weight excluding hydrogens is 288 g/mol. The smallest absolute Gasteiger partial charge is 0.101 e. The molecule has 0 aromatic heterocycles. The summed E-state index contributed by atoms with van der Waals surface area (Å²) in [6, 6.07) is 23.0. The zero-order valence-electron chi connectivity index (χ0n) is 12.7. The Morgan fingerprint density at radius 3 is 2.50 bits per heavy atom. The fourth-order valence-electron chi connectivity index (χ4n) is 2.31. The van der Waals surface area contributed by atoms with E-state index in [-0.39, 0.29) is 0 Å². The lowest BCUT2D eigenvalue weighted by Gasteiger charge is -2.13. The minimum Gasteiger partial charge on any atom is -0.306 e. The van der Waals surface area contributed by atoms with E-state index in [9.17, 15) is 0 Å². The second kappa shape index (κ2) is 6.67. The molecule has 0 bridgehead atoms. The number of hydrogen-bond donors (Lipinski definition) is 0. The van der Waals surface area contributed by atoms with Gasteiger partial charge in [-0.15, -0.1) is 0 Å². The van der Waals surface area contributed by atoms with E-state index in [0.717, 1.165) is 5.69 Å². The average molecular weight is 306 g/mol. The van der Waals surface area contributed by atoms with Crippen molar-refractivity contribution in [3.63, 3.8) is 0 Å². The Labute approximate surface area is 135 Å². The lowest BCUT2D eigenvalue weighted by molar-refractivity contribution is 0.870. The van der Waals surface area contributed by atoms with Crippen LogP contribution in [-0.4, -0.2) is 17.7 Å². The summed E-state index contributed by atoms with van der Waals surface area (Å²) in [6.45, 7) is 2.07. The predicted octanol–water partition coefficient (Wildman–Crippen LogP) is 5.45. The van der Waals surface area contributed by atoms with E-state index < -0.39 is 0 Å². The molecule has 0 atom stereocenters. The van der Waals surface area contributed by atoms with Crippen LogP contribution in [0.4, 0.5) is 5.69 Å². The van der Waals surface area contributed by atoms with Gasteiger partial charge in [0, 0.05) is 11.9 Å². The number of rotatable bonds is 4. The second-order valence-corrected chi connectivity index (χ2v) is 6.34. The van der Waals surface area contributed by atoms with Gasteiger partial charge in [0.05, 0.1) is 5.69 Å². The monoisotopic (exact) mass is 306 g/mol. The Kier molecular flexibility index (Phi) is 4.45. The highest BCUT2D eigenvalue weighted by atomic mass is 32.2. The van der Waals surface area contributed by atoms with Crippen LogP contribution in [0.25, 0.3) is 10.8 Å². The zero-order chi connectivity index (χ0) is 15.4. The van der Waals surface area contributed by atoms with Crippen LogP contribution < -0.4 is 0 Å². The molecule has 22 heavy (non-hydrogen) atoms. The molecule has 0 aliphatic rings. The third kappa shape index (κ3) is 3.31. The van der Waals surface area contributed by atoms with E-state index in [1.165, 1.54) is 21.2 Å². The van der Waals surface area contributed by atoms with Gasteiger partial charge < -0.3 is 4.31 Å². The van der Waals surface area contributed by atoms with Crippen molar-refractivity contribution in [2.75, 3.05) is 7.05 Å². The molecule has 0 N–H and O–H groups in total. The van der Waals surface area contributed by atoms with Gasteiger partial charge in [-0.2, -0.15) is 0 Å². The molecule has 0 radical (unpaired) electrons. The van der Waals surface area contributed by atoms with Crippen molar-refractivity contribution in [2.45, 2.75) is 11.8 Å². The predicted molar refractivity (Wildman–Crippen MR) is 96.9 cm³/mol. The Hall–Kier alpha value is -2.26. The van der Waals surface area contributed by atoms with Crippen LogP contribution in [0.3, 0.4) is 0 Å². The first-order chi connectivity index (χ1) is 10.7. The Bertz CT molecular complexity index is 806. The number of fused-ring (bicyclic) bond motifs is 1. The summed E-state index contributed by atoms with van der Waals surface area (Å²) in [5.74, 6) is 0. The molecular formula is C19H18N2S. The van der Waals surface area contributed by atoms with Gasteiger partial charge >= 0.3 is 0 Å². The molecule has 0 unspecified atom stereocenters. The van der Waals surface area contributed by atoms with Crippen LogP contribution in [0.1, 0.15) is 5.56 Å². The highest BCUT2D eigenvalue weighted by molar-refractivity contribution is 7.97. The van der Waals surface area contributed by atoms with E-state index in [2.05, 4.69) is 60.4 Å². The van der Waals surface area contributed by atoms with Crippen molar-refractivity contribution in [3.8, 4) is 0 Å². The number of nitrogens with zero attached hydrogens (tertiary/aromatic N) is 2. The van der Waals surface area contributed by atoms with Gasteiger partial charge in [0.1, 0.15) is 6.34 Å². The minimum atomic E-state index is 1.01. The van der Waals surface area contributed by atoms with Crippen molar-refractivity contribution < 1.29 is 0 Å². The highest BCUT2D eigenvalue weighted by Crippen LogP contribution is 2.29. The number of aliphatic imine (C=N–C) groups is 1. The summed E-state index contributed by atoms with van der Waals surface area (Å²) in [4.78, 5) is 5.80. The summed E-state index contributed by atoms with van der Waals surface area (Å²) in [5.41, 5.74) is 2.19. The van der Waals surface area contributed by atoms with Crippen LogP contribution in [-0.2, 0) is 0 Å². The number of para-hydroxylation sites is 1. The summed E-state index contributed by atoms with van der Waals surface area (Å²) < 4.78 is 2.04. The molecule has 2 nitrogen and oxygen atoms in total. The van der Waals surface area contributed by atoms with Crippen molar-refractivity contribution in [1.82, 2.24) is 4.31 Å².